The minimum absolute atomic E-state index is 0.0735. The van der Waals surface area contributed by atoms with Crippen LogP contribution < -0.4 is 5.32 Å². The van der Waals surface area contributed by atoms with Gasteiger partial charge >= 0.3 is 30.0 Å². The molecule has 50 heavy (non-hydrogen) atoms. The highest BCUT2D eigenvalue weighted by Crippen LogP contribution is 2.72. The fraction of sp³-hybridized carbons (Fsp3) is 0.714. The maximum atomic E-state index is 13.9. The first-order chi connectivity index (χ1) is 23.1. The van der Waals surface area contributed by atoms with Crippen LogP contribution in [0.5, 0.6) is 0 Å². The number of alkyl carbamates (subject to hydrolysis) is 1. The van der Waals surface area contributed by atoms with E-state index in [1.165, 1.54) is 6.08 Å². The Bertz CT molecular complexity index is 1560. The number of hydrogen-bond acceptors (Lipinski definition) is 14. The van der Waals surface area contributed by atoms with Gasteiger partial charge in [0.1, 0.15) is 17.8 Å². The van der Waals surface area contributed by atoms with Gasteiger partial charge in [-0.15, -0.1) is 0 Å². The van der Waals surface area contributed by atoms with E-state index in [1.807, 2.05) is 0 Å². The van der Waals surface area contributed by atoms with Crippen molar-refractivity contribution in [1.82, 2.24) is 5.32 Å². The molecule has 0 aromatic heterocycles. The molecule has 3 N–H and O–H groups in total. The Morgan fingerprint density at radius 3 is 2.38 bits per heavy atom. The SMILES string of the molecule is COC(=O)[C@@]12OC[C@]34[C@H]([C@@H](O)[C@@H]1O)[C@@]1(C)CC(=O)C(OC(=O)C[C@H](C)NC(=O)OC(C)(C)C)=C(C)[C@@H]1C[C@H]3OC(=O)[C@H](OC(=O)C=C(C)C)[C@@H]24. The van der Waals surface area contributed by atoms with Crippen molar-refractivity contribution in [3.63, 3.8) is 0 Å². The molecule has 11 atom stereocenters. The van der Waals surface area contributed by atoms with Crippen LogP contribution in [0.2, 0.25) is 0 Å². The summed E-state index contributed by atoms with van der Waals surface area (Å²) < 4.78 is 33.7. The first-order valence-electron chi connectivity index (χ1n) is 16.7. The van der Waals surface area contributed by atoms with E-state index in [4.69, 9.17) is 28.4 Å². The number of ketones is 1. The summed E-state index contributed by atoms with van der Waals surface area (Å²) in [6.45, 7) is 13.1. The molecule has 2 bridgehead atoms. The lowest BCUT2D eigenvalue weighted by molar-refractivity contribution is -0.290. The molecule has 4 fully saturated rings. The summed E-state index contributed by atoms with van der Waals surface area (Å²) in [4.78, 5) is 79.2. The Hall–Kier alpha value is -3.82. The van der Waals surface area contributed by atoms with Gasteiger partial charge in [0.2, 0.25) is 11.7 Å². The second-order valence-electron chi connectivity index (χ2n) is 15.7. The number of carbonyl (C=O) groups is 6. The van der Waals surface area contributed by atoms with Gasteiger partial charge in [-0.3, -0.25) is 9.59 Å². The smallest absolute Gasteiger partial charge is 0.407 e. The van der Waals surface area contributed by atoms with E-state index in [-0.39, 0.29) is 31.6 Å². The molecular weight excluding hydrogens is 658 g/mol. The largest absolute Gasteiger partial charge is 0.467 e. The number of fused-ring (bicyclic) bond motifs is 2. The van der Waals surface area contributed by atoms with E-state index in [2.05, 4.69) is 5.32 Å². The van der Waals surface area contributed by atoms with Crippen molar-refractivity contribution in [3.8, 4) is 0 Å². The van der Waals surface area contributed by atoms with Gasteiger partial charge in [-0.25, -0.2) is 19.2 Å². The fourth-order valence-corrected chi connectivity index (χ4v) is 9.34. The number of ether oxygens (including phenoxy) is 6. The zero-order chi connectivity index (χ0) is 37.3. The lowest BCUT2D eigenvalue weighted by atomic mass is 9.38. The Morgan fingerprint density at radius 1 is 1.12 bits per heavy atom. The third kappa shape index (κ3) is 5.80. The number of Topliss-reactive ketones (excluding diaryl/α,β-unsaturated/α-hetero) is 1. The molecule has 5 aliphatic rings. The Kier molecular flexibility index (Phi) is 9.54. The van der Waals surface area contributed by atoms with E-state index >= 15 is 0 Å². The van der Waals surface area contributed by atoms with E-state index in [9.17, 15) is 39.0 Å². The predicted octanol–water partition coefficient (Wildman–Crippen LogP) is 1.81. The fourth-order valence-electron chi connectivity index (χ4n) is 9.34. The topological polar surface area (TPSA) is 210 Å². The monoisotopic (exact) mass is 705 g/mol. The molecule has 0 unspecified atom stereocenters. The van der Waals surface area contributed by atoms with Gasteiger partial charge in [0.15, 0.2) is 11.5 Å². The number of nitrogens with one attached hydrogen (secondary N) is 1. The average molecular weight is 706 g/mol. The van der Waals surface area contributed by atoms with Gasteiger partial charge in [0.25, 0.3) is 0 Å². The lowest BCUT2D eigenvalue weighted by Gasteiger charge is -2.67. The second kappa shape index (κ2) is 12.7. The summed E-state index contributed by atoms with van der Waals surface area (Å²) in [6, 6.07) is -0.689. The van der Waals surface area contributed by atoms with Crippen LogP contribution in [0.3, 0.4) is 0 Å². The maximum Gasteiger partial charge on any atom is 0.407 e. The van der Waals surface area contributed by atoms with Gasteiger partial charge in [-0.05, 0) is 71.8 Å². The van der Waals surface area contributed by atoms with Crippen LogP contribution in [-0.2, 0) is 52.4 Å². The summed E-state index contributed by atoms with van der Waals surface area (Å²) in [5.74, 6) is -7.43. The first-order valence-corrected chi connectivity index (χ1v) is 16.7. The molecule has 2 saturated heterocycles. The second-order valence-corrected chi connectivity index (χ2v) is 15.7. The van der Waals surface area contributed by atoms with Crippen LogP contribution >= 0.6 is 0 Å². The molecule has 0 aromatic rings. The molecule has 2 aliphatic heterocycles. The summed E-state index contributed by atoms with van der Waals surface area (Å²) in [5, 5.41) is 26.3. The van der Waals surface area contributed by atoms with Crippen molar-refractivity contribution >= 4 is 35.8 Å². The van der Waals surface area contributed by atoms with Crippen LogP contribution in [0, 0.1) is 28.6 Å². The van der Waals surface area contributed by atoms with Crippen LogP contribution in [-0.4, -0.2) is 101 Å². The molecular formula is C35H47NO14. The van der Waals surface area contributed by atoms with Crippen molar-refractivity contribution in [2.75, 3.05) is 13.7 Å². The number of amides is 1. The summed E-state index contributed by atoms with van der Waals surface area (Å²) in [5.41, 5.74) is -4.64. The molecule has 15 nitrogen and oxygen atoms in total. The van der Waals surface area contributed by atoms with Crippen LogP contribution in [0.15, 0.2) is 23.0 Å². The molecule has 2 saturated carbocycles. The van der Waals surface area contributed by atoms with Gasteiger partial charge in [0.05, 0.1) is 32.2 Å². The molecule has 0 aromatic carbocycles. The Labute approximate surface area is 290 Å². The van der Waals surface area contributed by atoms with Crippen LogP contribution in [0.1, 0.15) is 74.7 Å². The number of esters is 4. The summed E-state index contributed by atoms with van der Waals surface area (Å²) in [7, 11) is 1.07. The first kappa shape index (κ1) is 37.4. The highest BCUT2D eigenvalue weighted by atomic mass is 16.6. The number of methoxy groups -OCH3 is 1. The minimum Gasteiger partial charge on any atom is -0.467 e. The molecule has 0 radical (unpaired) electrons. The quantitative estimate of drug-likeness (QED) is 0.196. The van der Waals surface area contributed by atoms with E-state index in [1.54, 1.807) is 55.4 Å². The third-order valence-corrected chi connectivity index (χ3v) is 10.9. The summed E-state index contributed by atoms with van der Waals surface area (Å²) in [6.07, 6.45) is -6.39. The van der Waals surface area contributed by atoms with Crippen LogP contribution in [0.4, 0.5) is 4.79 Å². The number of carbonyl (C=O) groups excluding carboxylic acids is 6. The standard InChI is InChI=1S/C35H47NO14/c1-15(2)10-21(38)49-25-27-34-14-46-35(27,30(43)45-9)28(41)23(40)26(34)33(8)13-19(37)24(17(4)18(33)12-20(34)47-29(25)42)48-22(39)11-16(3)36-31(44)50-32(5,6)7/h10,16,18,20,23,25-28,40-41H,11-14H2,1-9H3,(H,36,44)/t16-,18-,20+,23+,25+,26+,27+,28-,33-,34+,35-/m0/s1. The van der Waals surface area contributed by atoms with Crippen molar-refractivity contribution in [2.24, 2.45) is 28.6 Å². The van der Waals surface area contributed by atoms with Crippen molar-refractivity contribution in [2.45, 2.75) is 116 Å². The number of aliphatic hydroxyl groups excluding tert-OH is 2. The Morgan fingerprint density at radius 2 is 1.78 bits per heavy atom. The van der Waals surface area contributed by atoms with Gasteiger partial charge in [0, 0.05) is 29.9 Å². The predicted molar refractivity (Wildman–Crippen MR) is 169 cm³/mol. The summed E-state index contributed by atoms with van der Waals surface area (Å²) >= 11 is 0. The highest BCUT2D eigenvalue weighted by Gasteiger charge is 2.85. The molecule has 1 spiro atoms. The van der Waals surface area contributed by atoms with Crippen molar-refractivity contribution < 1.29 is 67.4 Å². The van der Waals surface area contributed by atoms with Gasteiger partial charge in [-0.2, -0.15) is 0 Å². The van der Waals surface area contributed by atoms with E-state index in [0.29, 0.717) is 11.1 Å². The van der Waals surface area contributed by atoms with Gasteiger partial charge < -0.3 is 44.0 Å². The number of rotatable bonds is 7. The molecule has 276 valence electrons. The van der Waals surface area contributed by atoms with Crippen molar-refractivity contribution in [3.05, 3.63) is 23.0 Å². The molecule has 5 rings (SSSR count). The molecule has 3 aliphatic carbocycles. The third-order valence-electron chi connectivity index (χ3n) is 10.9. The maximum absolute atomic E-state index is 13.9. The van der Waals surface area contributed by atoms with E-state index < -0.39 is 106 Å². The normalized spacial score (nSPS) is 37.7. The molecule has 15 heteroatoms. The number of aliphatic hydroxyl groups is 2. The number of allylic oxidation sites excluding steroid dienone is 3. The molecule has 1 amide bonds. The molecule has 2 heterocycles. The van der Waals surface area contributed by atoms with Crippen LogP contribution in [0.25, 0.3) is 0 Å². The highest BCUT2D eigenvalue weighted by molar-refractivity contribution is 5.98. The van der Waals surface area contributed by atoms with E-state index in [0.717, 1.165) is 7.11 Å². The van der Waals surface area contributed by atoms with Gasteiger partial charge in [-0.1, -0.05) is 12.5 Å². The average Bonchev–Trinajstić information content (AvgIpc) is 3.28. The zero-order valence-electron chi connectivity index (χ0n) is 29.8. The zero-order valence-corrected chi connectivity index (χ0v) is 29.8. The van der Waals surface area contributed by atoms with Crippen molar-refractivity contribution in [1.29, 1.82) is 0 Å². The number of hydrogen-bond donors (Lipinski definition) is 3. The Balaban J connectivity index is 1.51. The minimum atomic E-state index is -2.30. The lowest BCUT2D eigenvalue weighted by Crippen LogP contribution is -2.79.